The van der Waals surface area contributed by atoms with Crippen molar-refractivity contribution >= 4 is 22.4 Å². The van der Waals surface area contributed by atoms with Gasteiger partial charge in [-0.15, -0.1) is 10.2 Å². The van der Waals surface area contributed by atoms with E-state index in [4.69, 9.17) is 5.73 Å². The highest BCUT2D eigenvalue weighted by molar-refractivity contribution is 7.15. The van der Waals surface area contributed by atoms with Crippen LogP contribution in [-0.2, 0) is 4.79 Å². The lowest BCUT2D eigenvalue weighted by molar-refractivity contribution is -0.120. The molecule has 17 heavy (non-hydrogen) atoms. The van der Waals surface area contributed by atoms with Gasteiger partial charge in [0, 0.05) is 5.92 Å². The molecule has 1 aliphatic carbocycles. The fourth-order valence-corrected chi connectivity index (χ4v) is 2.74. The summed E-state index contributed by atoms with van der Waals surface area (Å²) in [5.74, 6) is 0.225. The maximum absolute atomic E-state index is 11.9. The van der Waals surface area contributed by atoms with Gasteiger partial charge in [-0.2, -0.15) is 0 Å². The Morgan fingerprint density at radius 2 is 2.12 bits per heavy atom. The fraction of sp³-hybridized carbons (Fsp3) is 0.727. The molecule has 0 aromatic carbocycles. The standard InChI is InChI=1S/C11H18N4OS/c1-7(12)10-14-15-11(17-10)13-9(16)8-5-3-2-4-6-8/h7-8H,2-6,12H2,1H3,(H,13,15,16). The summed E-state index contributed by atoms with van der Waals surface area (Å²) in [6.07, 6.45) is 5.53. The number of carbonyl (C=O) groups is 1. The zero-order valence-corrected chi connectivity index (χ0v) is 10.8. The molecular weight excluding hydrogens is 236 g/mol. The molecule has 1 fully saturated rings. The van der Waals surface area contributed by atoms with Crippen molar-refractivity contribution in [3.05, 3.63) is 5.01 Å². The van der Waals surface area contributed by atoms with Crippen LogP contribution in [0.4, 0.5) is 5.13 Å². The number of carbonyl (C=O) groups excluding carboxylic acids is 1. The molecule has 0 bridgehead atoms. The second-order valence-electron chi connectivity index (χ2n) is 4.56. The lowest BCUT2D eigenvalue weighted by atomic mass is 9.89. The number of hydrogen-bond acceptors (Lipinski definition) is 5. The lowest BCUT2D eigenvalue weighted by Crippen LogP contribution is -2.24. The SMILES string of the molecule is CC(N)c1nnc(NC(=O)C2CCCCC2)s1. The van der Waals surface area contributed by atoms with Crippen LogP contribution in [0.1, 0.15) is 50.1 Å². The first-order chi connectivity index (χ1) is 8.16. The van der Waals surface area contributed by atoms with Gasteiger partial charge in [-0.1, -0.05) is 30.6 Å². The highest BCUT2D eigenvalue weighted by atomic mass is 32.1. The van der Waals surface area contributed by atoms with E-state index in [1.165, 1.54) is 17.8 Å². The van der Waals surface area contributed by atoms with Gasteiger partial charge in [-0.3, -0.25) is 4.79 Å². The third kappa shape index (κ3) is 3.23. The number of rotatable bonds is 3. The van der Waals surface area contributed by atoms with E-state index in [1.807, 2.05) is 6.92 Å². The number of nitrogens with one attached hydrogen (secondary N) is 1. The number of hydrogen-bond donors (Lipinski definition) is 2. The highest BCUT2D eigenvalue weighted by Crippen LogP contribution is 2.26. The first kappa shape index (κ1) is 12.4. The number of amides is 1. The number of nitrogens with two attached hydrogens (primary N) is 1. The molecule has 1 heterocycles. The first-order valence-corrected chi connectivity index (χ1v) is 6.88. The predicted molar refractivity (Wildman–Crippen MR) is 67.7 cm³/mol. The predicted octanol–water partition coefficient (Wildman–Crippen LogP) is 2.08. The van der Waals surface area contributed by atoms with Crippen LogP contribution in [0.2, 0.25) is 0 Å². The largest absolute Gasteiger partial charge is 0.322 e. The summed E-state index contributed by atoms with van der Waals surface area (Å²) < 4.78 is 0. The van der Waals surface area contributed by atoms with E-state index in [0.717, 1.165) is 30.7 Å². The minimum atomic E-state index is -0.132. The van der Waals surface area contributed by atoms with Crippen molar-refractivity contribution in [3.8, 4) is 0 Å². The van der Waals surface area contributed by atoms with Gasteiger partial charge in [0.1, 0.15) is 5.01 Å². The van der Waals surface area contributed by atoms with E-state index < -0.39 is 0 Å². The molecule has 3 N–H and O–H groups in total. The van der Waals surface area contributed by atoms with Crippen molar-refractivity contribution in [1.82, 2.24) is 10.2 Å². The smallest absolute Gasteiger partial charge is 0.229 e. The van der Waals surface area contributed by atoms with Crippen LogP contribution in [0.5, 0.6) is 0 Å². The Labute approximate surface area is 105 Å². The number of anilines is 1. The van der Waals surface area contributed by atoms with E-state index in [9.17, 15) is 4.79 Å². The maximum Gasteiger partial charge on any atom is 0.229 e. The number of nitrogens with zero attached hydrogens (tertiary/aromatic N) is 2. The minimum absolute atomic E-state index is 0.0806. The van der Waals surface area contributed by atoms with Gasteiger partial charge < -0.3 is 11.1 Å². The third-order valence-electron chi connectivity index (χ3n) is 3.04. The van der Waals surface area contributed by atoms with Gasteiger partial charge in [0.2, 0.25) is 11.0 Å². The Morgan fingerprint density at radius 1 is 1.41 bits per heavy atom. The normalized spacial score (nSPS) is 18.9. The van der Waals surface area contributed by atoms with Gasteiger partial charge >= 0.3 is 0 Å². The zero-order chi connectivity index (χ0) is 12.3. The highest BCUT2D eigenvalue weighted by Gasteiger charge is 2.22. The summed E-state index contributed by atoms with van der Waals surface area (Å²) >= 11 is 1.35. The molecule has 1 aromatic heterocycles. The van der Waals surface area contributed by atoms with E-state index in [0.29, 0.717) is 5.13 Å². The monoisotopic (exact) mass is 254 g/mol. The molecule has 2 rings (SSSR count). The zero-order valence-electron chi connectivity index (χ0n) is 9.98. The average Bonchev–Trinajstić information content (AvgIpc) is 2.79. The molecular formula is C11H18N4OS. The van der Waals surface area contributed by atoms with Crippen LogP contribution in [0, 0.1) is 5.92 Å². The summed E-state index contributed by atoms with van der Waals surface area (Å²) in [5, 5.41) is 12.0. The van der Waals surface area contributed by atoms with Crippen molar-refractivity contribution in [2.24, 2.45) is 11.7 Å². The van der Waals surface area contributed by atoms with Crippen LogP contribution in [0.25, 0.3) is 0 Å². The third-order valence-corrected chi connectivity index (χ3v) is 4.08. The second-order valence-corrected chi connectivity index (χ2v) is 5.57. The molecule has 1 saturated carbocycles. The van der Waals surface area contributed by atoms with Crippen molar-refractivity contribution in [1.29, 1.82) is 0 Å². The van der Waals surface area contributed by atoms with E-state index in [2.05, 4.69) is 15.5 Å². The van der Waals surface area contributed by atoms with Crippen molar-refractivity contribution in [3.63, 3.8) is 0 Å². The summed E-state index contributed by atoms with van der Waals surface area (Å²) in [6, 6.07) is -0.132. The Balaban J connectivity index is 1.92. The molecule has 0 spiro atoms. The quantitative estimate of drug-likeness (QED) is 0.865. The Hall–Kier alpha value is -1.01. The Morgan fingerprint density at radius 3 is 2.71 bits per heavy atom. The molecule has 0 saturated heterocycles. The summed E-state index contributed by atoms with van der Waals surface area (Å²) in [5.41, 5.74) is 5.70. The Kier molecular flexibility index (Phi) is 4.06. The van der Waals surface area contributed by atoms with E-state index >= 15 is 0 Å². The molecule has 0 radical (unpaired) electrons. The Bertz CT molecular complexity index is 385. The van der Waals surface area contributed by atoms with Crippen LogP contribution < -0.4 is 11.1 Å². The van der Waals surface area contributed by atoms with Crippen LogP contribution in [0.3, 0.4) is 0 Å². The average molecular weight is 254 g/mol. The molecule has 1 unspecified atom stereocenters. The van der Waals surface area contributed by atoms with Crippen LogP contribution >= 0.6 is 11.3 Å². The van der Waals surface area contributed by atoms with Gasteiger partial charge in [-0.25, -0.2) is 0 Å². The molecule has 1 aromatic rings. The van der Waals surface area contributed by atoms with Crippen LogP contribution in [-0.4, -0.2) is 16.1 Å². The van der Waals surface area contributed by atoms with Gasteiger partial charge in [-0.05, 0) is 19.8 Å². The maximum atomic E-state index is 11.9. The number of aromatic nitrogens is 2. The summed E-state index contributed by atoms with van der Waals surface area (Å²) in [6.45, 7) is 1.85. The summed E-state index contributed by atoms with van der Waals surface area (Å²) in [4.78, 5) is 11.9. The molecule has 1 aliphatic rings. The second kappa shape index (κ2) is 5.55. The minimum Gasteiger partial charge on any atom is -0.322 e. The summed E-state index contributed by atoms with van der Waals surface area (Å²) in [7, 11) is 0. The fourth-order valence-electron chi connectivity index (χ4n) is 2.04. The first-order valence-electron chi connectivity index (χ1n) is 6.06. The molecule has 1 amide bonds. The molecule has 6 heteroatoms. The van der Waals surface area contributed by atoms with Gasteiger partial charge in [0.15, 0.2) is 0 Å². The van der Waals surface area contributed by atoms with E-state index in [1.54, 1.807) is 0 Å². The molecule has 0 aliphatic heterocycles. The van der Waals surface area contributed by atoms with E-state index in [-0.39, 0.29) is 17.9 Å². The lowest BCUT2D eigenvalue weighted by Gasteiger charge is -2.19. The molecule has 1 atom stereocenters. The molecule has 94 valence electrons. The topological polar surface area (TPSA) is 80.9 Å². The van der Waals surface area contributed by atoms with Crippen molar-refractivity contribution in [2.75, 3.05) is 5.32 Å². The van der Waals surface area contributed by atoms with Crippen molar-refractivity contribution in [2.45, 2.75) is 45.1 Å². The van der Waals surface area contributed by atoms with Gasteiger partial charge in [0.25, 0.3) is 0 Å². The van der Waals surface area contributed by atoms with Crippen molar-refractivity contribution < 1.29 is 4.79 Å². The molecule has 5 nitrogen and oxygen atoms in total. The van der Waals surface area contributed by atoms with Gasteiger partial charge in [0.05, 0.1) is 6.04 Å². The van der Waals surface area contributed by atoms with Crippen LogP contribution in [0.15, 0.2) is 0 Å².